The van der Waals surface area contributed by atoms with E-state index in [1.807, 2.05) is 6.07 Å². The van der Waals surface area contributed by atoms with Crippen LogP contribution in [-0.2, 0) is 16.0 Å². The van der Waals surface area contributed by atoms with Crippen molar-refractivity contribution in [1.82, 2.24) is 4.90 Å². The van der Waals surface area contributed by atoms with Crippen molar-refractivity contribution in [3.8, 4) is 11.5 Å². The van der Waals surface area contributed by atoms with Crippen molar-refractivity contribution >= 4 is 17.8 Å². The fraction of sp³-hybridized carbons (Fsp3) is 0.333. The monoisotopic (exact) mass is 461 g/mol. The molecule has 1 heterocycles. The number of ketones is 1. The molecule has 1 atom stereocenters. The zero-order chi connectivity index (χ0) is 23.4. The molecule has 1 saturated heterocycles. The van der Waals surface area contributed by atoms with E-state index in [1.165, 1.54) is 30.4 Å². The third kappa shape index (κ3) is 5.92. The fourth-order valence-electron chi connectivity index (χ4n) is 3.88. The highest BCUT2D eigenvalue weighted by Crippen LogP contribution is 2.30. The number of hydrogen-bond donors (Lipinski definition) is 0. The molecule has 0 aromatic heterocycles. The van der Waals surface area contributed by atoms with Crippen LogP contribution in [-0.4, -0.2) is 55.4 Å². The van der Waals surface area contributed by atoms with E-state index in [2.05, 4.69) is 4.74 Å². The number of halogens is 3. The average molecular weight is 461 g/mol. The maximum absolute atomic E-state index is 12.6. The van der Waals surface area contributed by atoms with Gasteiger partial charge >= 0.3 is 6.36 Å². The van der Waals surface area contributed by atoms with Gasteiger partial charge in [0.1, 0.15) is 24.2 Å². The van der Waals surface area contributed by atoms with Crippen LogP contribution in [0.2, 0.25) is 0 Å². The van der Waals surface area contributed by atoms with E-state index in [4.69, 9.17) is 9.47 Å². The van der Waals surface area contributed by atoms with Crippen LogP contribution in [0.5, 0.6) is 11.5 Å². The van der Waals surface area contributed by atoms with E-state index >= 15 is 0 Å². The highest BCUT2D eigenvalue weighted by Gasteiger charge is 2.31. The predicted octanol–water partition coefficient (Wildman–Crippen LogP) is 4.03. The zero-order valence-corrected chi connectivity index (χ0v) is 17.6. The van der Waals surface area contributed by atoms with E-state index in [9.17, 15) is 22.8 Å². The molecule has 33 heavy (non-hydrogen) atoms. The van der Waals surface area contributed by atoms with Crippen LogP contribution in [0.3, 0.4) is 0 Å². The van der Waals surface area contributed by atoms with Gasteiger partial charge in [-0.1, -0.05) is 24.3 Å². The first kappa shape index (κ1) is 22.8. The van der Waals surface area contributed by atoms with Gasteiger partial charge in [-0.3, -0.25) is 9.59 Å². The van der Waals surface area contributed by atoms with E-state index in [0.717, 1.165) is 5.56 Å². The van der Waals surface area contributed by atoms with Crippen molar-refractivity contribution in [3.05, 3.63) is 65.2 Å². The second kappa shape index (κ2) is 9.66. The van der Waals surface area contributed by atoms with Gasteiger partial charge in [0.15, 0.2) is 5.78 Å². The van der Waals surface area contributed by atoms with E-state index in [-0.39, 0.29) is 30.2 Å². The molecule has 1 fully saturated rings. The molecule has 1 aliphatic heterocycles. The summed E-state index contributed by atoms with van der Waals surface area (Å²) < 4.78 is 52.7. The van der Waals surface area contributed by atoms with E-state index in [0.29, 0.717) is 49.4 Å². The van der Waals surface area contributed by atoms with Crippen LogP contribution >= 0.6 is 0 Å². The van der Waals surface area contributed by atoms with Gasteiger partial charge in [0.2, 0.25) is 5.91 Å². The van der Waals surface area contributed by atoms with Crippen LogP contribution in [0, 0.1) is 0 Å². The van der Waals surface area contributed by atoms with Crippen LogP contribution in [0.15, 0.2) is 48.5 Å². The molecule has 4 rings (SSSR count). The minimum atomic E-state index is -4.78. The summed E-state index contributed by atoms with van der Waals surface area (Å²) in [6, 6.07) is 10.8. The Labute approximate surface area is 188 Å². The smallest absolute Gasteiger partial charge is 0.491 e. The summed E-state index contributed by atoms with van der Waals surface area (Å²) in [5.74, 6) is 0.140. The SMILES string of the molecule is O=C1CCc2c(OCC3CN(C(=O)/C=C/c4cccc(OC(F)(F)F)c4)CCO3)cccc21. The maximum Gasteiger partial charge on any atom is 0.573 e. The second-order valence-electron chi connectivity index (χ2n) is 7.75. The van der Waals surface area contributed by atoms with E-state index < -0.39 is 6.36 Å². The fourth-order valence-corrected chi connectivity index (χ4v) is 3.88. The molecule has 2 aliphatic rings. The number of rotatable bonds is 6. The van der Waals surface area contributed by atoms with Crippen molar-refractivity contribution in [1.29, 1.82) is 0 Å². The maximum atomic E-state index is 12.6. The molecule has 6 nitrogen and oxygen atoms in total. The van der Waals surface area contributed by atoms with Crippen molar-refractivity contribution in [2.75, 3.05) is 26.3 Å². The quantitative estimate of drug-likeness (QED) is 0.608. The number of ether oxygens (including phenoxy) is 3. The van der Waals surface area contributed by atoms with Crippen LogP contribution in [0.25, 0.3) is 6.08 Å². The van der Waals surface area contributed by atoms with Gasteiger partial charge in [-0.15, -0.1) is 13.2 Å². The standard InChI is InChI=1S/C24H22F3NO5/c25-24(26,27)33-17-4-1-3-16(13-17)7-10-23(30)28-11-12-31-18(14-28)15-32-22-6-2-5-19-20(22)8-9-21(19)29/h1-7,10,13,18H,8-9,11-12,14-15H2/b10-7+. The normalized spacial score (nSPS) is 18.5. The minimum Gasteiger partial charge on any atom is -0.491 e. The number of hydrogen-bond acceptors (Lipinski definition) is 5. The van der Waals surface area contributed by atoms with Crippen molar-refractivity contribution in [2.24, 2.45) is 0 Å². The Morgan fingerprint density at radius 3 is 2.82 bits per heavy atom. The molecule has 0 N–H and O–H groups in total. The molecule has 1 amide bonds. The van der Waals surface area contributed by atoms with Crippen LogP contribution in [0.4, 0.5) is 13.2 Å². The molecule has 174 valence electrons. The van der Waals surface area contributed by atoms with Gasteiger partial charge < -0.3 is 19.1 Å². The Kier molecular flexibility index (Phi) is 6.69. The Morgan fingerprint density at radius 1 is 1.18 bits per heavy atom. The molecular formula is C24H22F3NO5. The van der Waals surface area contributed by atoms with Gasteiger partial charge in [0.25, 0.3) is 0 Å². The van der Waals surface area contributed by atoms with Crippen molar-refractivity contribution in [3.63, 3.8) is 0 Å². The minimum absolute atomic E-state index is 0.114. The van der Waals surface area contributed by atoms with Crippen molar-refractivity contribution in [2.45, 2.75) is 25.3 Å². The summed E-state index contributed by atoms with van der Waals surface area (Å²) in [5, 5.41) is 0. The Hall–Kier alpha value is -3.33. The van der Waals surface area contributed by atoms with Crippen molar-refractivity contribution < 1.29 is 37.0 Å². The first-order valence-electron chi connectivity index (χ1n) is 10.5. The number of Topliss-reactive ketones (excluding diaryl/α,β-unsaturated/α-hetero) is 1. The number of nitrogens with zero attached hydrogens (tertiary/aromatic N) is 1. The number of fused-ring (bicyclic) bond motifs is 1. The predicted molar refractivity (Wildman–Crippen MR) is 113 cm³/mol. The largest absolute Gasteiger partial charge is 0.573 e. The van der Waals surface area contributed by atoms with Gasteiger partial charge in [-0.2, -0.15) is 0 Å². The molecule has 1 aliphatic carbocycles. The molecule has 0 spiro atoms. The van der Waals surface area contributed by atoms with Gasteiger partial charge in [0.05, 0.1) is 13.2 Å². The highest BCUT2D eigenvalue weighted by molar-refractivity contribution is 6.01. The third-order valence-electron chi connectivity index (χ3n) is 5.42. The molecule has 2 aromatic rings. The molecule has 2 aromatic carbocycles. The summed E-state index contributed by atoms with van der Waals surface area (Å²) >= 11 is 0. The lowest BCUT2D eigenvalue weighted by atomic mass is 10.1. The summed E-state index contributed by atoms with van der Waals surface area (Å²) in [5.41, 5.74) is 2.01. The van der Waals surface area contributed by atoms with Crippen LogP contribution < -0.4 is 9.47 Å². The number of morpholine rings is 1. The molecule has 0 bridgehead atoms. The highest BCUT2D eigenvalue weighted by atomic mass is 19.4. The molecule has 0 saturated carbocycles. The van der Waals surface area contributed by atoms with E-state index in [1.54, 1.807) is 23.1 Å². The summed E-state index contributed by atoms with van der Waals surface area (Å²) in [7, 11) is 0. The lowest BCUT2D eigenvalue weighted by Gasteiger charge is -2.32. The lowest BCUT2D eigenvalue weighted by molar-refractivity contribution is -0.274. The Balaban J connectivity index is 1.33. The first-order chi connectivity index (χ1) is 15.8. The van der Waals surface area contributed by atoms with Gasteiger partial charge in [-0.25, -0.2) is 0 Å². The molecule has 0 radical (unpaired) electrons. The number of alkyl halides is 3. The number of carbonyl (C=O) groups is 2. The molecular weight excluding hydrogens is 439 g/mol. The first-order valence-corrected chi connectivity index (χ1v) is 10.5. The summed E-state index contributed by atoms with van der Waals surface area (Å²) in [4.78, 5) is 26.1. The third-order valence-corrected chi connectivity index (χ3v) is 5.42. The zero-order valence-electron chi connectivity index (χ0n) is 17.6. The number of carbonyl (C=O) groups excluding carboxylic acids is 2. The molecule has 9 heteroatoms. The van der Waals surface area contributed by atoms with Gasteiger partial charge in [-0.05, 0) is 36.3 Å². The number of benzene rings is 2. The van der Waals surface area contributed by atoms with Crippen LogP contribution in [0.1, 0.15) is 27.9 Å². The summed E-state index contributed by atoms with van der Waals surface area (Å²) in [6.45, 7) is 1.28. The lowest BCUT2D eigenvalue weighted by Crippen LogP contribution is -2.47. The Morgan fingerprint density at radius 2 is 2.00 bits per heavy atom. The second-order valence-corrected chi connectivity index (χ2v) is 7.75. The average Bonchev–Trinajstić information content (AvgIpc) is 3.17. The number of amides is 1. The topological polar surface area (TPSA) is 65.1 Å². The molecule has 1 unspecified atom stereocenters. The summed E-state index contributed by atoms with van der Waals surface area (Å²) in [6.07, 6.45) is -1.23. The Bertz CT molecular complexity index is 1070. The van der Waals surface area contributed by atoms with Gasteiger partial charge in [0, 0.05) is 30.2 Å².